The van der Waals surface area contributed by atoms with Crippen molar-refractivity contribution in [3.63, 3.8) is 0 Å². The lowest BCUT2D eigenvalue weighted by molar-refractivity contribution is 0.0947. The number of hydrogen-bond acceptors (Lipinski definition) is 5. The van der Waals surface area contributed by atoms with Crippen molar-refractivity contribution in [2.75, 3.05) is 53.5 Å². The minimum absolute atomic E-state index is 0.129. The molecule has 0 aliphatic carbocycles. The van der Waals surface area contributed by atoms with Crippen LogP contribution in [0.25, 0.3) is 0 Å². The molecule has 6 heteroatoms. The Morgan fingerprint density at radius 3 is 2.73 bits per heavy atom. The van der Waals surface area contributed by atoms with Crippen molar-refractivity contribution in [2.45, 2.75) is 6.42 Å². The summed E-state index contributed by atoms with van der Waals surface area (Å²) in [6, 6.07) is 5.31. The molecule has 2 rings (SSSR count). The maximum Gasteiger partial charge on any atom is 0.255 e. The lowest BCUT2D eigenvalue weighted by Crippen LogP contribution is -2.44. The third-order valence-corrected chi connectivity index (χ3v) is 3.79. The molecule has 0 aromatic heterocycles. The van der Waals surface area contributed by atoms with Gasteiger partial charge in [0.15, 0.2) is 11.5 Å². The maximum atomic E-state index is 12.3. The monoisotopic (exact) mass is 307 g/mol. The fraction of sp³-hybridized carbons (Fsp3) is 0.562. The predicted octanol–water partition coefficient (Wildman–Crippen LogP) is 0.729. The second-order valence-corrected chi connectivity index (χ2v) is 5.24. The molecule has 0 radical (unpaired) electrons. The lowest BCUT2D eigenvalue weighted by Gasteiger charge is -2.27. The number of nitrogens with zero attached hydrogens (tertiary/aromatic N) is 1. The Kier molecular flexibility index (Phi) is 6.48. The molecule has 0 unspecified atom stereocenters. The van der Waals surface area contributed by atoms with E-state index in [1.165, 1.54) is 0 Å². The van der Waals surface area contributed by atoms with Crippen LogP contribution in [-0.2, 0) is 0 Å². The van der Waals surface area contributed by atoms with E-state index in [1.807, 2.05) is 0 Å². The van der Waals surface area contributed by atoms with E-state index in [0.29, 0.717) is 23.6 Å². The zero-order valence-corrected chi connectivity index (χ0v) is 13.4. The largest absolute Gasteiger partial charge is 0.493 e. The third kappa shape index (κ3) is 4.35. The van der Waals surface area contributed by atoms with Crippen molar-refractivity contribution >= 4 is 5.91 Å². The highest BCUT2D eigenvalue weighted by atomic mass is 16.5. The van der Waals surface area contributed by atoms with Crippen LogP contribution in [0.2, 0.25) is 0 Å². The molecule has 122 valence electrons. The van der Waals surface area contributed by atoms with E-state index in [1.54, 1.807) is 32.4 Å². The first kappa shape index (κ1) is 16.6. The quantitative estimate of drug-likeness (QED) is 0.727. The summed E-state index contributed by atoms with van der Waals surface area (Å²) in [5.41, 5.74) is 0.504. The molecule has 0 spiro atoms. The molecule has 1 amide bonds. The van der Waals surface area contributed by atoms with Gasteiger partial charge in [0.2, 0.25) is 0 Å². The van der Waals surface area contributed by atoms with Crippen LogP contribution in [0.1, 0.15) is 16.8 Å². The Hall–Kier alpha value is -1.79. The van der Waals surface area contributed by atoms with Crippen LogP contribution in [0.5, 0.6) is 11.5 Å². The minimum atomic E-state index is -0.129. The molecule has 1 saturated heterocycles. The van der Waals surface area contributed by atoms with Gasteiger partial charge in [-0.15, -0.1) is 0 Å². The van der Waals surface area contributed by atoms with Crippen LogP contribution in [-0.4, -0.2) is 64.3 Å². The summed E-state index contributed by atoms with van der Waals surface area (Å²) < 4.78 is 10.5. The zero-order valence-electron chi connectivity index (χ0n) is 13.4. The number of nitrogens with one attached hydrogen (secondary N) is 2. The summed E-state index contributed by atoms with van der Waals surface area (Å²) in [7, 11) is 3.10. The van der Waals surface area contributed by atoms with Gasteiger partial charge < -0.3 is 25.0 Å². The Morgan fingerprint density at radius 1 is 1.27 bits per heavy atom. The molecule has 1 fully saturated rings. The number of ether oxygens (including phenoxy) is 2. The van der Waals surface area contributed by atoms with Crippen molar-refractivity contribution in [3.8, 4) is 11.5 Å². The summed E-state index contributed by atoms with van der Waals surface area (Å²) in [6.07, 6.45) is 0.942. The van der Waals surface area contributed by atoms with Gasteiger partial charge in [0.1, 0.15) is 0 Å². The summed E-state index contributed by atoms with van der Waals surface area (Å²) in [6.45, 7) is 5.93. The summed E-state index contributed by atoms with van der Waals surface area (Å²) >= 11 is 0. The molecule has 0 bridgehead atoms. The average Bonchev–Trinajstić information content (AvgIpc) is 2.58. The summed E-state index contributed by atoms with van der Waals surface area (Å²) in [5.74, 6) is 0.914. The molecule has 1 aliphatic rings. The topological polar surface area (TPSA) is 62.8 Å². The van der Waals surface area contributed by atoms with Crippen molar-refractivity contribution < 1.29 is 14.3 Å². The third-order valence-electron chi connectivity index (χ3n) is 3.79. The molecular formula is C16H25N3O3. The van der Waals surface area contributed by atoms with E-state index in [2.05, 4.69) is 15.5 Å². The first-order chi connectivity index (χ1) is 10.8. The maximum absolute atomic E-state index is 12.3. The van der Waals surface area contributed by atoms with Gasteiger partial charge in [0.25, 0.3) is 5.91 Å². The van der Waals surface area contributed by atoms with Crippen LogP contribution in [0, 0.1) is 0 Å². The fourth-order valence-electron chi connectivity index (χ4n) is 2.60. The van der Waals surface area contributed by atoms with Crippen LogP contribution in [0.3, 0.4) is 0 Å². The van der Waals surface area contributed by atoms with Crippen molar-refractivity contribution in [3.05, 3.63) is 23.8 Å². The highest BCUT2D eigenvalue weighted by Gasteiger charge is 2.16. The highest BCUT2D eigenvalue weighted by molar-refractivity contribution is 5.97. The second kappa shape index (κ2) is 8.60. The summed E-state index contributed by atoms with van der Waals surface area (Å²) in [4.78, 5) is 14.7. The van der Waals surface area contributed by atoms with E-state index in [-0.39, 0.29) is 5.91 Å². The van der Waals surface area contributed by atoms with Crippen LogP contribution in [0.15, 0.2) is 18.2 Å². The van der Waals surface area contributed by atoms with E-state index in [9.17, 15) is 4.79 Å². The number of piperazine rings is 1. The SMILES string of the molecule is COc1cccc(C(=O)NCCCN2CCNCC2)c1OC. The molecule has 6 nitrogen and oxygen atoms in total. The molecule has 1 aliphatic heterocycles. The lowest BCUT2D eigenvalue weighted by atomic mass is 10.1. The van der Waals surface area contributed by atoms with E-state index < -0.39 is 0 Å². The number of para-hydroxylation sites is 1. The molecule has 1 aromatic carbocycles. The van der Waals surface area contributed by atoms with Gasteiger partial charge in [-0.1, -0.05) is 6.07 Å². The van der Waals surface area contributed by atoms with Gasteiger partial charge >= 0.3 is 0 Å². The van der Waals surface area contributed by atoms with Gasteiger partial charge in [-0.05, 0) is 25.1 Å². The van der Waals surface area contributed by atoms with E-state index in [0.717, 1.165) is 39.1 Å². The Bertz CT molecular complexity index is 488. The minimum Gasteiger partial charge on any atom is -0.493 e. The first-order valence-electron chi connectivity index (χ1n) is 7.68. The molecule has 0 atom stereocenters. The van der Waals surface area contributed by atoms with Gasteiger partial charge in [-0.25, -0.2) is 0 Å². The Labute approximate surface area is 131 Å². The average molecular weight is 307 g/mol. The van der Waals surface area contributed by atoms with Crippen molar-refractivity contribution in [1.29, 1.82) is 0 Å². The second-order valence-electron chi connectivity index (χ2n) is 5.24. The standard InChI is InChI=1S/C16H25N3O3/c1-21-14-6-3-5-13(15(14)22-2)16(20)18-7-4-10-19-11-8-17-9-12-19/h3,5-6,17H,4,7-12H2,1-2H3,(H,18,20). The molecular weight excluding hydrogens is 282 g/mol. The number of rotatable bonds is 7. The Morgan fingerprint density at radius 2 is 2.05 bits per heavy atom. The summed E-state index contributed by atoms with van der Waals surface area (Å²) in [5, 5.41) is 6.28. The van der Waals surface area contributed by atoms with Crippen molar-refractivity contribution in [1.82, 2.24) is 15.5 Å². The zero-order chi connectivity index (χ0) is 15.8. The van der Waals surface area contributed by atoms with Gasteiger partial charge in [0, 0.05) is 32.7 Å². The Balaban J connectivity index is 1.82. The number of amides is 1. The smallest absolute Gasteiger partial charge is 0.255 e. The number of hydrogen-bond donors (Lipinski definition) is 2. The molecule has 1 aromatic rings. The molecule has 2 N–H and O–H groups in total. The highest BCUT2D eigenvalue weighted by Crippen LogP contribution is 2.30. The van der Waals surface area contributed by atoms with Crippen LogP contribution in [0.4, 0.5) is 0 Å². The number of benzene rings is 1. The van der Waals surface area contributed by atoms with Crippen LogP contribution < -0.4 is 20.1 Å². The van der Waals surface area contributed by atoms with E-state index in [4.69, 9.17) is 9.47 Å². The normalized spacial score (nSPS) is 15.4. The van der Waals surface area contributed by atoms with E-state index >= 15 is 0 Å². The van der Waals surface area contributed by atoms with Gasteiger partial charge in [-0.2, -0.15) is 0 Å². The van der Waals surface area contributed by atoms with Gasteiger partial charge in [0.05, 0.1) is 19.8 Å². The fourth-order valence-corrected chi connectivity index (χ4v) is 2.60. The molecule has 0 saturated carbocycles. The predicted molar refractivity (Wildman–Crippen MR) is 85.8 cm³/mol. The number of methoxy groups -OCH3 is 2. The van der Waals surface area contributed by atoms with Gasteiger partial charge in [-0.3, -0.25) is 4.79 Å². The van der Waals surface area contributed by atoms with Crippen LogP contribution >= 0.6 is 0 Å². The molecule has 22 heavy (non-hydrogen) atoms. The molecule has 1 heterocycles. The first-order valence-corrected chi connectivity index (χ1v) is 7.68. The number of carbonyl (C=O) groups excluding carboxylic acids is 1. The van der Waals surface area contributed by atoms with Crippen molar-refractivity contribution in [2.24, 2.45) is 0 Å². The number of carbonyl (C=O) groups is 1.